The molecule has 0 saturated carbocycles. The number of amides is 2. The molecular weight excluding hydrogens is 543 g/mol. The topological polar surface area (TPSA) is 127 Å². The van der Waals surface area contributed by atoms with Gasteiger partial charge in [0.15, 0.2) is 5.82 Å². The molecule has 1 unspecified atom stereocenters. The third-order valence-electron chi connectivity index (χ3n) is 5.63. The Kier molecular flexibility index (Phi) is 9.17. The Bertz CT molecular complexity index is 1420. The van der Waals surface area contributed by atoms with E-state index in [1.54, 1.807) is 24.3 Å². The van der Waals surface area contributed by atoms with E-state index in [0.29, 0.717) is 10.6 Å². The molecule has 14 heteroatoms. The van der Waals surface area contributed by atoms with E-state index in [1.165, 1.54) is 24.7 Å². The van der Waals surface area contributed by atoms with Crippen molar-refractivity contribution in [3.63, 3.8) is 0 Å². The normalized spacial score (nSPS) is 12.2. The Labute approximate surface area is 225 Å². The van der Waals surface area contributed by atoms with Crippen molar-refractivity contribution in [2.45, 2.75) is 38.1 Å². The van der Waals surface area contributed by atoms with Crippen molar-refractivity contribution < 1.29 is 32.7 Å². The summed E-state index contributed by atoms with van der Waals surface area (Å²) in [4.78, 5) is 50.9. The van der Waals surface area contributed by atoms with Crippen LogP contribution >= 0.6 is 11.6 Å². The number of alkyl halides is 3. The van der Waals surface area contributed by atoms with Crippen molar-refractivity contribution in [1.82, 2.24) is 24.6 Å². The number of aliphatic carboxylic acids is 1. The fraction of sp³-hybridized carbons (Fsp3) is 0.320. The van der Waals surface area contributed by atoms with Gasteiger partial charge in [0.2, 0.25) is 11.8 Å². The third-order valence-corrected chi connectivity index (χ3v) is 5.88. The lowest BCUT2D eigenvalue weighted by molar-refractivity contribution is -0.138. The Morgan fingerprint density at radius 3 is 2.38 bits per heavy atom. The number of nitrogens with zero attached hydrogens (tertiary/aromatic N) is 4. The molecular formula is C25H25ClF3N5O5. The molecule has 0 aliphatic heterocycles. The van der Waals surface area contributed by atoms with E-state index in [-0.39, 0.29) is 30.8 Å². The number of carbonyl (C=O) groups is 3. The number of halogens is 4. The van der Waals surface area contributed by atoms with Crippen molar-refractivity contribution in [3.05, 3.63) is 75.2 Å². The number of hydrogen-bond donors (Lipinski definition) is 2. The zero-order chi connectivity index (χ0) is 28.9. The quantitative estimate of drug-likeness (QED) is 0.387. The molecule has 0 aliphatic carbocycles. The number of likely N-dealkylation sites (N-methyl/N-ethyl adjacent to an activating group) is 1. The highest BCUT2D eigenvalue weighted by molar-refractivity contribution is 6.30. The van der Waals surface area contributed by atoms with Crippen molar-refractivity contribution in [3.8, 4) is 11.4 Å². The summed E-state index contributed by atoms with van der Waals surface area (Å²) in [6.07, 6.45) is -4.75. The second-order valence-electron chi connectivity index (χ2n) is 8.78. The molecule has 1 heterocycles. The van der Waals surface area contributed by atoms with E-state index in [2.05, 4.69) is 10.4 Å². The van der Waals surface area contributed by atoms with Crippen molar-refractivity contribution in [2.24, 2.45) is 0 Å². The molecule has 0 saturated heterocycles. The molecule has 0 bridgehead atoms. The second-order valence-corrected chi connectivity index (χ2v) is 9.21. The lowest BCUT2D eigenvalue weighted by Crippen LogP contribution is -2.42. The fourth-order valence-corrected chi connectivity index (χ4v) is 3.86. The number of rotatable bonds is 10. The number of carboxylic acids is 1. The standard InChI is InChI=1S/C25H25ClF3N5O5/c1-32(2)23(38)21(16-5-3-6-17(13-16)25(27,28)29)30-19(35)14-34-24(39)33(12-4-7-20(36)37)22(31-34)15-8-10-18(26)11-9-15/h3,5-6,8-11,13,21H,4,7,12,14H2,1-2H3,(H,30,35)(H,36,37). The van der Waals surface area contributed by atoms with Gasteiger partial charge in [0.25, 0.3) is 0 Å². The van der Waals surface area contributed by atoms with Crippen LogP contribution in [0.4, 0.5) is 13.2 Å². The first kappa shape index (κ1) is 29.4. The molecule has 3 rings (SSSR count). The summed E-state index contributed by atoms with van der Waals surface area (Å²) in [6, 6.07) is 8.90. The Hall–Kier alpha value is -4.13. The average Bonchev–Trinajstić information content (AvgIpc) is 3.16. The van der Waals surface area contributed by atoms with Crippen LogP contribution in [-0.4, -0.2) is 56.2 Å². The Morgan fingerprint density at radius 1 is 1.13 bits per heavy atom. The molecule has 1 atom stereocenters. The van der Waals surface area contributed by atoms with Crippen LogP contribution in [0.25, 0.3) is 11.4 Å². The van der Waals surface area contributed by atoms with Crippen molar-refractivity contribution in [1.29, 1.82) is 0 Å². The van der Waals surface area contributed by atoms with Gasteiger partial charge in [-0.2, -0.15) is 13.2 Å². The molecule has 2 aromatic carbocycles. The summed E-state index contributed by atoms with van der Waals surface area (Å²) in [5.74, 6) is -2.42. The third kappa shape index (κ3) is 7.47. The van der Waals surface area contributed by atoms with Crippen LogP contribution in [0.2, 0.25) is 5.02 Å². The molecule has 2 amide bonds. The van der Waals surface area contributed by atoms with E-state index in [0.717, 1.165) is 27.8 Å². The molecule has 0 aliphatic rings. The van der Waals surface area contributed by atoms with Gasteiger partial charge in [-0.1, -0.05) is 23.7 Å². The van der Waals surface area contributed by atoms with E-state index in [9.17, 15) is 32.3 Å². The summed E-state index contributed by atoms with van der Waals surface area (Å²) >= 11 is 5.94. The lowest BCUT2D eigenvalue weighted by atomic mass is 10.0. The van der Waals surface area contributed by atoms with Gasteiger partial charge in [-0.3, -0.25) is 19.0 Å². The number of nitrogens with one attached hydrogen (secondary N) is 1. The molecule has 208 valence electrons. The SMILES string of the molecule is CN(C)C(=O)C(NC(=O)Cn1nc(-c2ccc(Cl)cc2)n(CCCC(=O)O)c1=O)c1cccc(C(F)(F)F)c1. The molecule has 0 spiro atoms. The number of carboxylic acid groups (broad SMARTS) is 1. The summed E-state index contributed by atoms with van der Waals surface area (Å²) < 4.78 is 41.8. The van der Waals surface area contributed by atoms with Crippen molar-refractivity contribution >= 4 is 29.4 Å². The molecule has 3 aromatic rings. The number of benzene rings is 2. The van der Waals surface area contributed by atoms with Crippen molar-refractivity contribution in [2.75, 3.05) is 14.1 Å². The van der Waals surface area contributed by atoms with Crippen LogP contribution in [0.5, 0.6) is 0 Å². The highest BCUT2D eigenvalue weighted by Gasteiger charge is 2.33. The first-order valence-corrected chi connectivity index (χ1v) is 12.0. The number of hydrogen-bond acceptors (Lipinski definition) is 5. The zero-order valence-corrected chi connectivity index (χ0v) is 21.7. The van der Waals surface area contributed by atoms with Gasteiger partial charge >= 0.3 is 17.8 Å². The molecule has 0 radical (unpaired) electrons. The summed E-state index contributed by atoms with van der Waals surface area (Å²) in [7, 11) is 2.77. The Balaban J connectivity index is 1.92. The first-order valence-electron chi connectivity index (χ1n) is 11.6. The summed E-state index contributed by atoms with van der Waals surface area (Å²) in [5.41, 5.74) is -1.31. The monoisotopic (exact) mass is 567 g/mol. The van der Waals surface area contributed by atoms with Crippen LogP contribution in [0.3, 0.4) is 0 Å². The van der Waals surface area contributed by atoms with Crippen LogP contribution < -0.4 is 11.0 Å². The minimum atomic E-state index is -4.66. The second kappa shape index (κ2) is 12.2. The number of carbonyl (C=O) groups excluding carboxylic acids is 2. The molecule has 10 nitrogen and oxygen atoms in total. The maximum absolute atomic E-state index is 13.2. The molecule has 2 N–H and O–H groups in total. The van der Waals surface area contributed by atoms with Gasteiger partial charge in [-0.15, -0.1) is 5.10 Å². The largest absolute Gasteiger partial charge is 0.481 e. The average molecular weight is 568 g/mol. The fourth-order valence-electron chi connectivity index (χ4n) is 3.73. The van der Waals surface area contributed by atoms with Crippen LogP contribution in [0.15, 0.2) is 53.3 Å². The lowest BCUT2D eigenvalue weighted by Gasteiger charge is -2.23. The van der Waals surface area contributed by atoms with E-state index in [1.807, 2.05) is 0 Å². The van der Waals surface area contributed by atoms with Gasteiger partial charge in [-0.05, 0) is 48.4 Å². The minimum absolute atomic E-state index is 0.00329. The van der Waals surface area contributed by atoms with Crippen LogP contribution in [0.1, 0.15) is 30.0 Å². The maximum atomic E-state index is 13.2. The van der Waals surface area contributed by atoms with Crippen LogP contribution in [-0.2, 0) is 33.6 Å². The first-order chi connectivity index (χ1) is 18.3. The summed E-state index contributed by atoms with van der Waals surface area (Å²) in [6.45, 7) is -0.655. The number of aromatic nitrogens is 3. The zero-order valence-electron chi connectivity index (χ0n) is 20.9. The van der Waals surface area contributed by atoms with Crippen LogP contribution in [0, 0.1) is 0 Å². The van der Waals surface area contributed by atoms with Gasteiger partial charge in [0, 0.05) is 37.6 Å². The predicted octanol–water partition coefficient (Wildman–Crippen LogP) is 3.19. The Morgan fingerprint density at radius 2 is 1.79 bits per heavy atom. The molecule has 0 fully saturated rings. The van der Waals surface area contributed by atoms with E-state index < -0.39 is 47.8 Å². The van der Waals surface area contributed by atoms with Gasteiger partial charge in [-0.25, -0.2) is 9.48 Å². The minimum Gasteiger partial charge on any atom is -0.481 e. The summed E-state index contributed by atoms with van der Waals surface area (Å²) in [5, 5.41) is 16.0. The highest BCUT2D eigenvalue weighted by atomic mass is 35.5. The van der Waals surface area contributed by atoms with Gasteiger partial charge in [0.1, 0.15) is 12.6 Å². The van der Waals surface area contributed by atoms with E-state index >= 15 is 0 Å². The highest BCUT2D eigenvalue weighted by Crippen LogP contribution is 2.31. The maximum Gasteiger partial charge on any atom is 0.416 e. The van der Waals surface area contributed by atoms with Gasteiger partial charge in [0.05, 0.1) is 5.56 Å². The molecule has 1 aromatic heterocycles. The van der Waals surface area contributed by atoms with Gasteiger partial charge < -0.3 is 15.3 Å². The molecule has 39 heavy (non-hydrogen) atoms. The smallest absolute Gasteiger partial charge is 0.416 e. The predicted molar refractivity (Wildman–Crippen MR) is 135 cm³/mol. The van der Waals surface area contributed by atoms with E-state index in [4.69, 9.17) is 16.7 Å².